The zero-order valence-electron chi connectivity index (χ0n) is 20.8. The lowest BCUT2D eigenvalue weighted by molar-refractivity contribution is 0.540. The highest BCUT2D eigenvalue weighted by molar-refractivity contribution is 4.81. The molecule has 0 aliphatic heterocycles. The molecular weight excluding hydrogens is 348 g/mol. The molecule has 0 aliphatic carbocycles. The molecular formula is C29H58. The minimum Gasteiger partial charge on any atom is -0.0885 e. The third-order valence-electron chi connectivity index (χ3n) is 6.37. The first-order valence-electron chi connectivity index (χ1n) is 14.1. The molecule has 0 aromatic carbocycles. The molecule has 0 aromatic heterocycles. The molecule has 0 unspecified atom stereocenters. The minimum atomic E-state index is 1.31. The fourth-order valence-corrected chi connectivity index (χ4v) is 4.27. The van der Waals surface area contributed by atoms with Crippen LogP contribution in [0.2, 0.25) is 0 Å². The molecule has 0 aliphatic rings. The number of hydrogen-bond donors (Lipinski definition) is 0. The molecule has 0 heteroatoms. The highest BCUT2D eigenvalue weighted by atomic mass is 14.0. The van der Waals surface area contributed by atoms with E-state index in [4.69, 9.17) is 0 Å². The van der Waals surface area contributed by atoms with Gasteiger partial charge in [0.15, 0.2) is 0 Å². The predicted molar refractivity (Wildman–Crippen MR) is 136 cm³/mol. The maximum absolute atomic E-state index is 2.45. The summed E-state index contributed by atoms with van der Waals surface area (Å²) in [4.78, 5) is 0. The van der Waals surface area contributed by atoms with Crippen molar-refractivity contribution >= 4 is 0 Å². The Balaban J connectivity index is 3.05. The van der Waals surface area contributed by atoms with Gasteiger partial charge in [-0.1, -0.05) is 161 Å². The van der Waals surface area contributed by atoms with Crippen LogP contribution in [0.3, 0.4) is 0 Å². The van der Waals surface area contributed by atoms with E-state index in [-0.39, 0.29) is 0 Å². The summed E-state index contributed by atoms with van der Waals surface area (Å²) < 4.78 is 0. The van der Waals surface area contributed by atoms with Gasteiger partial charge in [-0.25, -0.2) is 0 Å². The van der Waals surface area contributed by atoms with Crippen LogP contribution in [0.4, 0.5) is 0 Å². The Morgan fingerprint density at radius 1 is 0.276 bits per heavy atom. The van der Waals surface area contributed by atoms with Gasteiger partial charge in [-0.05, 0) is 25.7 Å². The summed E-state index contributed by atoms with van der Waals surface area (Å²) in [6.07, 6.45) is 40.9. The Bertz CT molecular complexity index is 290. The van der Waals surface area contributed by atoms with E-state index in [9.17, 15) is 0 Å². The first-order valence-corrected chi connectivity index (χ1v) is 14.1. The fraction of sp³-hybridized carbons (Fsp3) is 0.931. The monoisotopic (exact) mass is 406 g/mol. The van der Waals surface area contributed by atoms with Gasteiger partial charge in [0, 0.05) is 0 Å². The van der Waals surface area contributed by atoms with Crippen molar-refractivity contribution in [1.82, 2.24) is 0 Å². The molecule has 0 aromatic rings. The summed E-state index contributed by atoms with van der Waals surface area (Å²) in [6, 6.07) is 0. The average molecular weight is 407 g/mol. The quantitative estimate of drug-likeness (QED) is 0.104. The Kier molecular flexibility index (Phi) is 27.5. The highest BCUT2D eigenvalue weighted by Crippen LogP contribution is 2.14. The highest BCUT2D eigenvalue weighted by Gasteiger charge is 1.94. The first-order chi connectivity index (χ1) is 14.4. The Hall–Kier alpha value is -0.260. The molecule has 0 amide bonds. The van der Waals surface area contributed by atoms with E-state index in [1.54, 1.807) is 0 Å². The summed E-state index contributed by atoms with van der Waals surface area (Å²) in [6.45, 7) is 4.60. The van der Waals surface area contributed by atoms with Crippen LogP contribution in [0.1, 0.15) is 174 Å². The van der Waals surface area contributed by atoms with E-state index in [0.29, 0.717) is 0 Å². The summed E-state index contributed by atoms with van der Waals surface area (Å²) >= 11 is 0. The third kappa shape index (κ3) is 27.7. The smallest absolute Gasteiger partial charge is 0.0351 e. The van der Waals surface area contributed by atoms with Crippen LogP contribution >= 0.6 is 0 Å². The number of unbranched alkanes of at least 4 members (excludes halogenated alkanes) is 23. The van der Waals surface area contributed by atoms with E-state index in [0.717, 1.165) is 0 Å². The van der Waals surface area contributed by atoms with Crippen LogP contribution in [-0.2, 0) is 0 Å². The average Bonchev–Trinajstić information content (AvgIpc) is 2.74. The van der Waals surface area contributed by atoms with Crippen molar-refractivity contribution in [2.75, 3.05) is 0 Å². The second kappa shape index (κ2) is 27.7. The summed E-state index contributed by atoms with van der Waals surface area (Å²) in [5.74, 6) is 0. The summed E-state index contributed by atoms with van der Waals surface area (Å²) in [7, 11) is 0. The molecule has 0 radical (unpaired) electrons. The van der Waals surface area contributed by atoms with Crippen LogP contribution in [-0.4, -0.2) is 0 Å². The molecule has 0 nitrogen and oxygen atoms in total. The van der Waals surface area contributed by atoms with Crippen molar-refractivity contribution < 1.29 is 0 Å². The van der Waals surface area contributed by atoms with E-state index in [2.05, 4.69) is 26.0 Å². The lowest BCUT2D eigenvalue weighted by atomic mass is 10.0. The first kappa shape index (κ1) is 28.7. The molecule has 0 spiro atoms. The maximum atomic E-state index is 2.45. The van der Waals surface area contributed by atoms with Crippen molar-refractivity contribution in [2.45, 2.75) is 174 Å². The minimum absolute atomic E-state index is 1.31. The lowest BCUT2D eigenvalue weighted by Crippen LogP contribution is -1.83. The number of allylic oxidation sites excluding steroid dienone is 2. The second-order valence-corrected chi connectivity index (χ2v) is 9.47. The van der Waals surface area contributed by atoms with Gasteiger partial charge in [-0.15, -0.1) is 0 Å². The summed E-state index contributed by atoms with van der Waals surface area (Å²) in [5.41, 5.74) is 0. The third-order valence-corrected chi connectivity index (χ3v) is 6.37. The topological polar surface area (TPSA) is 0 Å². The normalized spacial score (nSPS) is 11.7. The number of hydrogen-bond acceptors (Lipinski definition) is 0. The van der Waals surface area contributed by atoms with Crippen molar-refractivity contribution in [3.05, 3.63) is 12.2 Å². The zero-order chi connectivity index (χ0) is 21.1. The predicted octanol–water partition coefficient (Wildman–Crippen LogP) is 11.3. The molecule has 0 atom stereocenters. The standard InChI is InChI=1S/C29H58/c1-3-5-7-9-11-13-15-17-19-21-23-25-27-29-28-26-24-22-20-18-16-14-12-10-8-6-4-2/h25,27H,3-24,26,28-29H2,1-2H3. The largest absolute Gasteiger partial charge is 0.0885 e. The lowest BCUT2D eigenvalue weighted by Gasteiger charge is -2.02. The van der Waals surface area contributed by atoms with Gasteiger partial charge in [0.1, 0.15) is 0 Å². The van der Waals surface area contributed by atoms with Gasteiger partial charge >= 0.3 is 0 Å². The van der Waals surface area contributed by atoms with Crippen molar-refractivity contribution in [3.8, 4) is 0 Å². The molecule has 174 valence electrons. The van der Waals surface area contributed by atoms with Crippen molar-refractivity contribution in [2.24, 2.45) is 0 Å². The van der Waals surface area contributed by atoms with Crippen molar-refractivity contribution in [3.63, 3.8) is 0 Å². The zero-order valence-corrected chi connectivity index (χ0v) is 20.8. The van der Waals surface area contributed by atoms with Gasteiger partial charge in [-0.3, -0.25) is 0 Å². The maximum Gasteiger partial charge on any atom is -0.0351 e. The van der Waals surface area contributed by atoms with Crippen LogP contribution in [0.15, 0.2) is 12.2 Å². The molecule has 0 saturated heterocycles. The second-order valence-electron chi connectivity index (χ2n) is 9.47. The van der Waals surface area contributed by atoms with Crippen LogP contribution in [0.25, 0.3) is 0 Å². The van der Waals surface area contributed by atoms with Gasteiger partial charge < -0.3 is 0 Å². The number of rotatable bonds is 25. The van der Waals surface area contributed by atoms with E-state index in [1.165, 1.54) is 161 Å². The molecule has 0 saturated carbocycles. The Morgan fingerprint density at radius 2 is 0.483 bits per heavy atom. The van der Waals surface area contributed by atoms with Gasteiger partial charge in [-0.2, -0.15) is 0 Å². The fourth-order valence-electron chi connectivity index (χ4n) is 4.27. The van der Waals surface area contributed by atoms with Gasteiger partial charge in [0.25, 0.3) is 0 Å². The Labute approximate surface area is 186 Å². The SMILES string of the molecule is CCCCCCCCCCCCC=CCCCCCCCCCCCCCCC. The van der Waals surface area contributed by atoms with Crippen LogP contribution in [0, 0.1) is 0 Å². The van der Waals surface area contributed by atoms with E-state index >= 15 is 0 Å². The van der Waals surface area contributed by atoms with Crippen LogP contribution in [0.5, 0.6) is 0 Å². The molecule has 0 heterocycles. The van der Waals surface area contributed by atoms with Gasteiger partial charge in [0.2, 0.25) is 0 Å². The summed E-state index contributed by atoms with van der Waals surface area (Å²) in [5, 5.41) is 0. The van der Waals surface area contributed by atoms with Gasteiger partial charge in [0.05, 0.1) is 0 Å². The molecule has 29 heavy (non-hydrogen) atoms. The van der Waals surface area contributed by atoms with Crippen LogP contribution < -0.4 is 0 Å². The van der Waals surface area contributed by atoms with Crippen molar-refractivity contribution in [1.29, 1.82) is 0 Å². The molecule has 0 fully saturated rings. The van der Waals surface area contributed by atoms with E-state index in [1.807, 2.05) is 0 Å². The Morgan fingerprint density at radius 3 is 0.724 bits per heavy atom. The van der Waals surface area contributed by atoms with E-state index < -0.39 is 0 Å². The molecule has 0 N–H and O–H groups in total. The molecule has 0 bridgehead atoms. The molecule has 0 rings (SSSR count).